The Morgan fingerprint density at radius 1 is 1.41 bits per heavy atom. The fourth-order valence-electron chi connectivity index (χ4n) is 2.67. The van der Waals surface area contributed by atoms with Gasteiger partial charge in [0.05, 0.1) is 23.2 Å². The molecule has 0 aliphatic carbocycles. The predicted molar refractivity (Wildman–Crippen MR) is 83.6 cm³/mol. The lowest BCUT2D eigenvalue weighted by molar-refractivity contribution is 0.0456. The van der Waals surface area contributed by atoms with Crippen LogP contribution in [0.25, 0.3) is 10.7 Å². The Hall–Kier alpha value is -1.99. The van der Waals surface area contributed by atoms with Crippen molar-refractivity contribution in [3.8, 4) is 10.7 Å². The molecule has 114 valence electrons. The van der Waals surface area contributed by atoms with E-state index in [9.17, 15) is 0 Å². The molecule has 0 unspecified atom stereocenters. The summed E-state index contributed by atoms with van der Waals surface area (Å²) in [6.45, 7) is 6.08. The normalized spacial score (nSPS) is 17.5. The first-order valence-electron chi connectivity index (χ1n) is 7.33. The molecule has 1 aliphatic heterocycles. The van der Waals surface area contributed by atoms with Crippen LogP contribution in [0.3, 0.4) is 0 Å². The summed E-state index contributed by atoms with van der Waals surface area (Å²) in [5.74, 6) is 1.36. The van der Waals surface area contributed by atoms with Crippen LogP contribution < -0.4 is 0 Å². The smallest absolute Gasteiger partial charge is 0.244 e. The molecule has 4 heterocycles. The van der Waals surface area contributed by atoms with Crippen LogP contribution in [0.4, 0.5) is 0 Å². The van der Waals surface area contributed by atoms with Crippen molar-refractivity contribution in [1.29, 1.82) is 0 Å². The minimum absolute atomic E-state index is 0.133. The van der Waals surface area contributed by atoms with Gasteiger partial charge in [-0.05, 0) is 30.9 Å². The van der Waals surface area contributed by atoms with Gasteiger partial charge in [0, 0.05) is 19.3 Å². The summed E-state index contributed by atoms with van der Waals surface area (Å²) in [7, 11) is 0. The largest absolute Gasteiger partial charge is 0.337 e. The Balaban J connectivity index is 1.42. The van der Waals surface area contributed by atoms with E-state index in [-0.39, 0.29) is 6.04 Å². The summed E-state index contributed by atoms with van der Waals surface area (Å²) < 4.78 is 7.48. The molecular weight excluding hydrogens is 298 g/mol. The van der Waals surface area contributed by atoms with Crippen LogP contribution in [0.2, 0.25) is 0 Å². The summed E-state index contributed by atoms with van der Waals surface area (Å²) in [5, 5.41) is 10.5. The second kappa shape index (κ2) is 5.33. The molecule has 3 aromatic heterocycles. The molecule has 0 saturated carbocycles. The zero-order valence-electron chi connectivity index (χ0n) is 12.5. The van der Waals surface area contributed by atoms with E-state index >= 15 is 0 Å². The number of hydrogen-bond acceptors (Lipinski definition) is 6. The Bertz CT molecular complexity index is 757. The molecule has 0 radical (unpaired) electrons. The molecule has 0 bridgehead atoms. The summed E-state index contributed by atoms with van der Waals surface area (Å²) in [4.78, 5) is 7.89. The SMILES string of the molecule is Cc1cnn(C2CN([C@@H](C)c3nc(-c4cccs4)no3)C2)c1. The highest BCUT2D eigenvalue weighted by molar-refractivity contribution is 7.13. The van der Waals surface area contributed by atoms with Crippen LogP contribution in [0.1, 0.15) is 30.5 Å². The third kappa shape index (κ3) is 2.36. The molecule has 3 aromatic rings. The number of aromatic nitrogens is 4. The van der Waals surface area contributed by atoms with E-state index in [0.717, 1.165) is 18.0 Å². The van der Waals surface area contributed by atoms with Crippen LogP contribution >= 0.6 is 11.3 Å². The van der Waals surface area contributed by atoms with Gasteiger partial charge in [-0.15, -0.1) is 11.3 Å². The fraction of sp³-hybridized carbons (Fsp3) is 0.400. The third-order valence-corrected chi connectivity index (χ3v) is 4.95. The van der Waals surface area contributed by atoms with Crippen molar-refractivity contribution in [2.75, 3.05) is 13.1 Å². The average Bonchev–Trinajstić information content (AvgIpc) is 3.17. The maximum absolute atomic E-state index is 5.43. The second-order valence-corrected chi connectivity index (χ2v) is 6.66. The van der Waals surface area contributed by atoms with E-state index in [1.165, 1.54) is 5.56 Å². The summed E-state index contributed by atoms with van der Waals surface area (Å²) in [5.41, 5.74) is 1.20. The van der Waals surface area contributed by atoms with Crippen molar-refractivity contribution in [3.63, 3.8) is 0 Å². The standard InChI is InChI=1S/C15H17N5OS/c1-10-6-16-20(7-10)12-8-19(9-12)11(2)15-17-14(18-21-15)13-4-3-5-22-13/h3-7,11-12H,8-9H2,1-2H3/t11-/m0/s1. The lowest BCUT2D eigenvalue weighted by Crippen LogP contribution is -2.48. The van der Waals surface area contributed by atoms with Crippen molar-refractivity contribution >= 4 is 11.3 Å². The zero-order chi connectivity index (χ0) is 15.1. The quantitative estimate of drug-likeness (QED) is 0.741. The number of rotatable bonds is 4. The molecule has 0 amide bonds. The number of aryl methyl sites for hydroxylation is 1. The van der Waals surface area contributed by atoms with Crippen molar-refractivity contribution < 1.29 is 4.52 Å². The van der Waals surface area contributed by atoms with Crippen LogP contribution in [0.15, 0.2) is 34.4 Å². The molecule has 1 aliphatic rings. The van der Waals surface area contributed by atoms with Gasteiger partial charge in [0.15, 0.2) is 0 Å². The molecule has 6 nitrogen and oxygen atoms in total. The van der Waals surface area contributed by atoms with Gasteiger partial charge in [-0.2, -0.15) is 10.1 Å². The summed E-state index contributed by atoms with van der Waals surface area (Å²) in [6, 6.07) is 4.57. The van der Waals surface area contributed by atoms with Crippen LogP contribution in [0.5, 0.6) is 0 Å². The topological polar surface area (TPSA) is 60.0 Å². The van der Waals surface area contributed by atoms with Crippen LogP contribution in [-0.4, -0.2) is 37.9 Å². The Labute approximate surface area is 132 Å². The fourth-order valence-corrected chi connectivity index (χ4v) is 3.32. The zero-order valence-corrected chi connectivity index (χ0v) is 13.3. The monoisotopic (exact) mass is 315 g/mol. The molecule has 1 atom stereocenters. The maximum atomic E-state index is 5.43. The molecule has 0 spiro atoms. The second-order valence-electron chi connectivity index (χ2n) is 5.71. The Kier molecular flexibility index (Phi) is 3.31. The molecule has 1 fully saturated rings. The maximum Gasteiger partial charge on any atom is 0.244 e. The van der Waals surface area contributed by atoms with Gasteiger partial charge < -0.3 is 4.52 Å². The van der Waals surface area contributed by atoms with Crippen molar-refractivity contribution in [1.82, 2.24) is 24.8 Å². The minimum Gasteiger partial charge on any atom is -0.337 e. The first-order chi connectivity index (χ1) is 10.7. The summed E-state index contributed by atoms with van der Waals surface area (Å²) in [6.07, 6.45) is 3.99. The number of thiophene rings is 1. The Morgan fingerprint density at radius 3 is 2.95 bits per heavy atom. The van der Waals surface area contributed by atoms with Gasteiger partial charge in [-0.1, -0.05) is 11.2 Å². The van der Waals surface area contributed by atoms with Gasteiger partial charge in [0.25, 0.3) is 0 Å². The average molecular weight is 315 g/mol. The van der Waals surface area contributed by atoms with Crippen LogP contribution in [0, 0.1) is 6.92 Å². The van der Waals surface area contributed by atoms with Gasteiger partial charge in [-0.3, -0.25) is 9.58 Å². The van der Waals surface area contributed by atoms with Crippen molar-refractivity contribution in [2.45, 2.75) is 25.9 Å². The molecule has 0 N–H and O–H groups in total. The van der Waals surface area contributed by atoms with E-state index in [2.05, 4.69) is 40.2 Å². The first kappa shape index (κ1) is 13.7. The lowest BCUT2D eigenvalue weighted by Gasteiger charge is -2.41. The van der Waals surface area contributed by atoms with E-state index in [4.69, 9.17) is 4.52 Å². The van der Waals surface area contributed by atoms with E-state index < -0.39 is 0 Å². The van der Waals surface area contributed by atoms with Gasteiger partial charge in [-0.25, -0.2) is 0 Å². The molecule has 7 heteroatoms. The van der Waals surface area contributed by atoms with E-state index in [1.54, 1.807) is 11.3 Å². The number of nitrogens with zero attached hydrogens (tertiary/aromatic N) is 5. The predicted octanol–water partition coefficient (Wildman–Crippen LogP) is 2.92. The first-order valence-corrected chi connectivity index (χ1v) is 8.21. The lowest BCUT2D eigenvalue weighted by atomic mass is 10.1. The highest BCUT2D eigenvalue weighted by Gasteiger charge is 2.34. The molecule has 0 aromatic carbocycles. The Morgan fingerprint density at radius 2 is 2.27 bits per heavy atom. The number of likely N-dealkylation sites (tertiary alicyclic amines) is 1. The highest BCUT2D eigenvalue weighted by Crippen LogP contribution is 2.31. The van der Waals surface area contributed by atoms with Crippen molar-refractivity contribution in [3.05, 3.63) is 41.4 Å². The van der Waals surface area contributed by atoms with Crippen molar-refractivity contribution in [2.24, 2.45) is 0 Å². The van der Waals surface area contributed by atoms with Gasteiger partial charge in [0.2, 0.25) is 11.7 Å². The highest BCUT2D eigenvalue weighted by atomic mass is 32.1. The molecule has 22 heavy (non-hydrogen) atoms. The summed E-state index contributed by atoms with van der Waals surface area (Å²) >= 11 is 1.62. The molecular formula is C15H17N5OS. The van der Waals surface area contributed by atoms with E-state index in [1.807, 2.05) is 28.4 Å². The molecule has 4 rings (SSSR count). The van der Waals surface area contributed by atoms with Gasteiger partial charge >= 0.3 is 0 Å². The van der Waals surface area contributed by atoms with E-state index in [0.29, 0.717) is 17.8 Å². The third-order valence-electron chi connectivity index (χ3n) is 4.08. The minimum atomic E-state index is 0.133. The number of hydrogen-bond donors (Lipinski definition) is 0. The molecule has 1 saturated heterocycles. The van der Waals surface area contributed by atoms with Gasteiger partial charge in [0.1, 0.15) is 0 Å². The van der Waals surface area contributed by atoms with Crippen LogP contribution in [-0.2, 0) is 0 Å².